The van der Waals surface area contributed by atoms with Gasteiger partial charge in [0.15, 0.2) is 5.75 Å². The van der Waals surface area contributed by atoms with Gasteiger partial charge in [0.25, 0.3) is 0 Å². The smallest absolute Gasteiger partial charge is 0.152 e. The third-order valence-electron chi connectivity index (χ3n) is 6.26. The Morgan fingerprint density at radius 2 is 1.15 bits per heavy atom. The Bertz CT molecular complexity index is 1290. The molecule has 0 atom stereocenters. The summed E-state index contributed by atoms with van der Waals surface area (Å²) in [7, 11) is -0.879. The van der Waals surface area contributed by atoms with E-state index < -0.39 is 8.22 Å². The first kappa shape index (κ1) is 23.3. The van der Waals surface area contributed by atoms with E-state index in [-0.39, 0.29) is 10.8 Å². The highest BCUT2D eigenvalue weighted by atomic mass is 32.2. The van der Waals surface area contributed by atoms with Crippen LogP contribution in [0.5, 0.6) is 11.5 Å². The van der Waals surface area contributed by atoms with Crippen molar-refractivity contribution in [1.82, 2.24) is 8.68 Å². The van der Waals surface area contributed by atoms with Gasteiger partial charge >= 0.3 is 0 Å². The molecule has 34 heavy (non-hydrogen) atoms. The van der Waals surface area contributed by atoms with Crippen LogP contribution < -0.4 is 10.0 Å². The maximum atomic E-state index is 6.82. The number of nitrogens with zero attached hydrogens (tertiary/aromatic N) is 2. The molecule has 0 saturated carbocycles. The summed E-state index contributed by atoms with van der Waals surface area (Å²) in [5.74, 6) is 1.98. The molecule has 0 saturated heterocycles. The van der Waals surface area contributed by atoms with E-state index in [1.54, 1.807) is 0 Å². The standard InChI is InChI=1S/C29H33N2OPS/c1-20-16-21(28(2,3)4)18-24-26(20)32-27-23(17-22(29(5,6)7)19-25(27)34-24)33(30-12-8-9-13-30)31-14-10-11-15-31/h8-19H,1-7H3. The third-order valence-corrected chi connectivity index (χ3v) is 9.48. The lowest BCUT2D eigenvalue weighted by atomic mass is 9.86. The largest absolute Gasteiger partial charge is 0.454 e. The van der Waals surface area contributed by atoms with Gasteiger partial charge in [-0.15, -0.1) is 0 Å². The Labute approximate surface area is 209 Å². The molecule has 5 rings (SSSR count). The van der Waals surface area contributed by atoms with E-state index >= 15 is 0 Å². The van der Waals surface area contributed by atoms with Crippen LogP contribution in [0.25, 0.3) is 0 Å². The molecule has 4 aromatic rings. The molecule has 0 spiro atoms. The molecule has 0 fully saturated rings. The molecule has 5 heteroatoms. The van der Waals surface area contributed by atoms with E-state index in [2.05, 4.69) is 130 Å². The summed E-state index contributed by atoms with van der Waals surface area (Å²) in [5.41, 5.74) is 3.99. The van der Waals surface area contributed by atoms with Crippen molar-refractivity contribution >= 4 is 25.3 Å². The molecule has 0 aliphatic carbocycles. The second-order valence-electron chi connectivity index (χ2n) is 11.1. The van der Waals surface area contributed by atoms with E-state index in [1.165, 1.54) is 31.8 Å². The number of ether oxygens (including phenoxy) is 1. The predicted molar refractivity (Wildman–Crippen MR) is 145 cm³/mol. The molecule has 3 heterocycles. The van der Waals surface area contributed by atoms with Gasteiger partial charge in [-0.3, -0.25) is 0 Å². The number of aromatic nitrogens is 2. The van der Waals surface area contributed by atoms with Crippen LogP contribution in [-0.2, 0) is 10.8 Å². The Morgan fingerprint density at radius 1 is 0.676 bits per heavy atom. The van der Waals surface area contributed by atoms with Crippen molar-refractivity contribution in [2.24, 2.45) is 0 Å². The Kier molecular flexibility index (Phi) is 5.73. The number of hydrogen-bond donors (Lipinski definition) is 0. The second-order valence-corrected chi connectivity index (χ2v) is 14.1. The fourth-order valence-electron chi connectivity index (χ4n) is 4.22. The SMILES string of the molecule is Cc1cc(C(C)(C)C)cc2c1Oc1c(cc(C(C)(C)C)cc1P(n1cccc1)n1cccc1)S2. The minimum atomic E-state index is -0.879. The van der Waals surface area contributed by atoms with Gasteiger partial charge in [-0.05, 0) is 76.9 Å². The van der Waals surface area contributed by atoms with E-state index in [0.29, 0.717) is 0 Å². The van der Waals surface area contributed by atoms with Crippen LogP contribution in [0, 0.1) is 6.92 Å². The fourth-order valence-corrected chi connectivity index (χ4v) is 7.60. The van der Waals surface area contributed by atoms with E-state index in [9.17, 15) is 0 Å². The lowest BCUT2D eigenvalue weighted by Gasteiger charge is -2.31. The molecule has 1 aliphatic rings. The van der Waals surface area contributed by atoms with Crippen LogP contribution in [0.3, 0.4) is 0 Å². The lowest BCUT2D eigenvalue weighted by molar-refractivity contribution is 0.451. The summed E-state index contributed by atoms with van der Waals surface area (Å²) in [6, 6.07) is 17.7. The van der Waals surface area contributed by atoms with Crippen molar-refractivity contribution in [3.63, 3.8) is 0 Å². The van der Waals surface area contributed by atoms with Gasteiger partial charge in [-0.1, -0.05) is 59.4 Å². The third kappa shape index (κ3) is 4.23. The van der Waals surface area contributed by atoms with Gasteiger partial charge in [0, 0.05) is 24.8 Å². The van der Waals surface area contributed by atoms with Gasteiger partial charge in [0.2, 0.25) is 0 Å². The molecule has 0 radical (unpaired) electrons. The highest BCUT2D eigenvalue weighted by molar-refractivity contribution is 7.99. The number of fused-ring (bicyclic) bond motifs is 2. The van der Waals surface area contributed by atoms with Crippen molar-refractivity contribution in [1.29, 1.82) is 0 Å². The van der Waals surface area contributed by atoms with Crippen molar-refractivity contribution in [3.8, 4) is 11.5 Å². The topological polar surface area (TPSA) is 19.1 Å². The van der Waals surface area contributed by atoms with Crippen LogP contribution in [-0.4, -0.2) is 8.68 Å². The number of hydrogen-bond acceptors (Lipinski definition) is 2. The van der Waals surface area contributed by atoms with Crippen LogP contribution in [0.15, 0.2) is 83.1 Å². The average Bonchev–Trinajstić information content (AvgIpc) is 3.46. The summed E-state index contributed by atoms with van der Waals surface area (Å²) in [6.45, 7) is 15.8. The molecule has 2 aromatic carbocycles. The number of rotatable bonds is 3. The second kappa shape index (κ2) is 8.36. The van der Waals surface area contributed by atoms with Crippen molar-refractivity contribution in [2.45, 2.75) is 69.1 Å². The maximum absolute atomic E-state index is 6.82. The monoisotopic (exact) mass is 488 g/mol. The van der Waals surface area contributed by atoms with Crippen molar-refractivity contribution in [3.05, 3.63) is 90.0 Å². The first-order chi connectivity index (χ1) is 16.0. The van der Waals surface area contributed by atoms with Crippen molar-refractivity contribution in [2.75, 3.05) is 0 Å². The Hall–Kier alpha value is -2.42. The van der Waals surface area contributed by atoms with Crippen LogP contribution in [0.2, 0.25) is 0 Å². The molecule has 0 N–H and O–H groups in total. The van der Waals surface area contributed by atoms with Gasteiger partial charge in [-0.25, -0.2) is 0 Å². The minimum Gasteiger partial charge on any atom is -0.454 e. The fraction of sp³-hybridized carbons (Fsp3) is 0.310. The predicted octanol–water partition coefficient (Wildman–Crippen LogP) is 8.48. The summed E-state index contributed by atoms with van der Waals surface area (Å²) in [6.07, 6.45) is 8.64. The summed E-state index contributed by atoms with van der Waals surface area (Å²) in [5, 5.41) is 1.24. The highest BCUT2D eigenvalue weighted by Gasteiger charge is 2.31. The van der Waals surface area contributed by atoms with Crippen LogP contribution in [0.4, 0.5) is 0 Å². The average molecular weight is 489 g/mol. The molecule has 1 aliphatic heterocycles. The molecule has 176 valence electrons. The number of aryl methyl sites for hydroxylation is 1. The molecule has 0 amide bonds. The van der Waals surface area contributed by atoms with Gasteiger partial charge in [0.05, 0.1) is 15.1 Å². The normalized spacial score (nSPS) is 13.5. The van der Waals surface area contributed by atoms with E-state index in [1.807, 2.05) is 11.8 Å². The molecule has 2 aromatic heterocycles. The van der Waals surface area contributed by atoms with Crippen LogP contribution in [0.1, 0.15) is 58.2 Å². The lowest BCUT2D eigenvalue weighted by Crippen LogP contribution is -2.21. The minimum absolute atomic E-state index is 0.0299. The Balaban J connectivity index is 1.73. The Morgan fingerprint density at radius 3 is 1.65 bits per heavy atom. The summed E-state index contributed by atoms with van der Waals surface area (Å²) >= 11 is 1.85. The maximum Gasteiger partial charge on any atom is 0.152 e. The quantitative estimate of drug-likeness (QED) is 0.237. The zero-order valence-corrected chi connectivity index (χ0v) is 22.8. The zero-order valence-electron chi connectivity index (χ0n) is 21.1. The zero-order chi connectivity index (χ0) is 24.3. The van der Waals surface area contributed by atoms with E-state index in [4.69, 9.17) is 4.74 Å². The molecule has 3 nitrogen and oxygen atoms in total. The first-order valence-corrected chi connectivity index (χ1v) is 13.8. The van der Waals surface area contributed by atoms with Gasteiger partial charge < -0.3 is 13.4 Å². The molecular formula is C29H33N2OPS. The molecule has 0 unspecified atom stereocenters. The summed E-state index contributed by atoms with van der Waals surface area (Å²) in [4.78, 5) is 2.41. The van der Waals surface area contributed by atoms with E-state index in [0.717, 1.165) is 11.5 Å². The molecule has 0 bridgehead atoms. The van der Waals surface area contributed by atoms with Crippen molar-refractivity contribution < 1.29 is 4.74 Å². The highest BCUT2D eigenvalue weighted by Crippen LogP contribution is 2.53. The number of benzene rings is 2. The molecular weight excluding hydrogens is 455 g/mol. The van der Waals surface area contributed by atoms with Gasteiger partial charge in [0.1, 0.15) is 14.0 Å². The first-order valence-electron chi connectivity index (χ1n) is 11.8. The van der Waals surface area contributed by atoms with Crippen LogP contribution >= 0.6 is 20.0 Å². The van der Waals surface area contributed by atoms with Gasteiger partial charge in [-0.2, -0.15) is 0 Å². The summed E-state index contributed by atoms with van der Waals surface area (Å²) < 4.78 is 11.5.